The topological polar surface area (TPSA) is 78.5 Å². The summed E-state index contributed by atoms with van der Waals surface area (Å²) in [5.74, 6) is 2.26. The van der Waals surface area contributed by atoms with Crippen LogP contribution in [0.2, 0.25) is 0 Å². The van der Waals surface area contributed by atoms with Gasteiger partial charge in [-0.15, -0.1) is 0 Å². The Hall–Kier alpha value is -1.40. The number of β-amino-alcohol motifs (C(OH)–C–C–N with tert-alkyl or cyclic N) is 1. The van der Waals surface area contributed by atoms with Gasteiger partial charge < -0.3 is 15.7 Å². The molecule has 0 bridgehead atoms. The van der Waals surface area contributed by atoms with Crippen molar-refractivity contribution in [3.63, 3.8) is 0 Å². The highest BCUT2D eigenvalue weighted by Gasteiger charge is 2.16. The zero-order valence-corrected chi connectivity index (χ0v) is 11.5. The predicted octanol–water partition coefficient (Wildman–Crippen LogP) is 0.126. The largest absolute Gasteiger partial charge is 0.395 e. The van der Waals surface area contributed by atoms with Crippen molar-refractivity contribution in [3.05, 3.63) is 11.9 Å². The molecule has 6 nitrogen and oxygen atoms in total. The lowest BCUT2D eigenvalue weighted by Gasteiger charge is -2.22. The molecule has 0 radical (unpaired) electrons. The van der Waals surface area contributed by atoms with Crippen molar-refractivity contribution >= 4 is 11.6 Å². The van der Waals surface area contributed by atoms with Gasteiger partial charge in [-0.25, -0.2) is 9.97 Å². The minimum atomic E-state index is 0.223. The van der Waals surface area contributed by atoms with Crippen molar-refractivity contribution in [1.29, 1.82) is 0 Å². The molecule has 1 aromatic heterocycles. The Morgan fingerprint density at radius 3 is 2.84 bits per heavy atom. The first kappa shape index (κ1) is 14.0. The Morgan fingerprint density at radius 1 is 1.26 bits per heavy atom. The zero-order chi connectivity index (χ0) is 13.7. The quantitative estimate of drug-likeness (QED) is 0.805. The number of nitrogens with zero attached hydrogens (tertiary/aromatic N) is 4. The van der Waals surface area contributed by atoms with Gasteiger partial charge in [0.25, 0.3) is 0 Å². The number of aliphatic hydroxyl groups is 1. The van der Waals surface area contributed by atoms with Crippen LogP contribution in [0.15, 0.2) is 6.07 Å². The highest BCUT2D eigenvalue weighted by molar-refractivity contribution is 5.47. The van der Waals surface area contributed by atoms with E-state index in [9.17, 15) is 0 Å². The predicted molar refractivity (Wildman–Crippen MR) is 76.2 cm³/mol. The Labute approximate surface area is 114 Å². The third-order valence-electron chi connectivity index (χ3n) is 3.42. The van der Waals surface area contributed by atoms with E-state index in [1.807, 2.05) is 13.0 Å². The average Bonchev–Trinajstić information content (AvgIpc) is 2.64. The summed E-state index contributed by atoms with van der Waals surface area (Å²) in [6.07, 6.45) is 1.87. The minimum Gasteiger partial charge on any atom is -0.395 e. The normalized spacial score (nSPS) is 17.5. The molecule has 1 aliphatic heterocycles. The average molecular weight is 265 g/mol. The summed E-state index contributed by atoms with van der Waals surface area (Å²) in [5, 5.41) is 9.01. The van der Waals surface area contributed by atoms with Gasteiger partial charge in [0.2, 0.25) is 0 Å². The Kier molecular flexibility index (Phi) is 4.93. The fraction of sp³-hybridized carbons (Fsp3) is 0.692. The highest BCUT2D eigenvalue weighted by Crippen LogP contribution is 2.16. The standard InChI is InChI=1S/C13H23N5O/c1-2-12-15-11(14)10-13(16-12)18-5-3-4-17(6-7-18)8-9-19/h10,19H,2-9H2,1H3,(H2,14,15,16). The van der Waals surface area contributed by atoms with Crippen LogP contribution >= 0.6 is 0 Å². The molecule has 1 aliphatic rings. The first-order valence-corrected chi connectivity index (χ1v) is 6.94. The number of rotatable bonds is 4. The number of anilines is 2. The SMILES string of the molecule is CCc1nc(N)cc(N2CCCN(CCO)CC2)n1. The molecule has 0 amide bonds. The van der Waals surface area contributed by atoms with Crippen LogP contribution < -0.4 is 10.6 Å². The molecule has 0 unspecified atom stereocenters. The molecule has 0 aliphatic carbocycles. The maximum absolute atomic E-state index is 9.01. The first-order chi connectivity index (χ1) is 9.22. The van der Waals surface area contributed by atoms with Crippen LogP contribution in [0, 0.1) is 0 Å². The molecule has 6 heteroatoms. The van der Waals surface area contributed by atoms with E-state index >= 15 is 0 Å². The molecule has 1 fully saturated rings. The summed E-state index contributed by atoms with van der Waals surface area (Å²) < 4.78 is 0. The third-order valence-corrected chi connectivity index (χ3v) is 3.42. The maximum atomic E-state index is 9.01. The number of aryl methyl sites for hydroxylation is 1. The molecule has 1 aromatic rings. The summed E-state index contributed by atoms with van der Waals surface area (Å²) in [4.78, 5) is 13.3. The number of aromatic nitrogens is 2. The van der Waals surface area contributed by atoms with E-state index in [1.54, 1.807) is 0 Å². The van der Waals surface area contributed by atoms with Gasteiger partial charge in [-0.05, 0) is 13.0 Å². The van der Waals surface area contributed by atoms with Gasteiger partial charge in [0.1, 0.15) is 17.5 Å². The van der Waals surface area contributed by atoms with E-state index in [-0.39, 0.29) is 6.61 Å². The Morgan fingerprint density at radius 2 is 2.11 bits per heavy atom. The van der Waals surface area contributed by atoms with Gasteiger partial charge in [-0.1, -0.05) is 6.92 Å². The van der Waals surface area contributed by atoms with Crippen molar-refractivity contribution in [1.82, 2.24) is 14.9 Å². The van der Waals surface area contributed by atoms with Crippen LogP contribution in [0.25, 0.3) is 0 Å². The molecule has 0 spiro atoms. The van der Waals surface area contributed by atoms with E-state index in [1.165, 1.54) is 0 Å². The molecule has 2 rings (SSSR count). The van der Waals surface area contributed by atoms with E-state index in [0.717, 1.165) is 57.2 Å². The molecule has 106 valence electrons. The molecule has 2 heterocycles. The second-order valence-electron chi connectivity index (χ2n) is 4.83. The fourth-order valence-electron chi connectivity index (χ4n) is 2.39. The van der Waals surface area contributed by atoms with Crippen molar-refractivity contribution in [3.8, 4) is 0 Å². The lowest BCUT2D eigenvalue weighted by Crippen LogP contribution is -2.32. The summed E-state index contributed by atoms with van der Waals surface area (Å²) in [6, 6.07) is 1.85. The molecule has 0 aromatic carbocycles. The van der Waals surface area contributed by atoms with E-state index in [0.29, 0.717) is 5.82 Å². The smallest absolute Gasteiger partial charge is 0.134 e. The number of aliphatic hydroxyl groups excluding tert-OH is 1. The highest BCUT2D eigenvalue weighted by atomic mass is 16.3. The first-order valence-electron chi connectivity index (χ1n) is 6.94. The molecule has 19 heavy (non-hydrogen) atoms. The van der Waals surface area contributed by atoms with Crippen molar-refractivity contribution < 1.29 is 5.11 Å². The van der Waals surface area contributed by atoms with Crippen LogP contribution in [0.1, 0.15) is 19.2 Å². The molecular weight excluding hydrogens is 242 g/mol. The molecule has 1 saturated heterocycles. The van der Waals surface area contributed by atoms with Gasteiger partial charge in [0, 0.05) is 38.7 Å². The van der Waals surface area contributed by atoms with Crippen LogP contribution in [-0.2, 0) is 6.42 Å². The number of hydrogen-bond acceptors (Lipinski definition) is 6. The number of nitrogen functional groups attached to an aromatic ring is 1. The van der Waals surface area contributed by atoms with Gasteiger partial charge in [-0.2, -0.15) is 0 Å². The van der Waals surface area contributed by atoms with E-state index in [4.69, 9.17) is 10.8 Å². The van der Waals surface area contributed by atoms with Gasteiger partial charge in [-0.3, -0.25) is 4.90 Å². The van der Waals surface area contributed by atoms with Gasteiger partial charge >= 0.3 is 0 Å². The van der Waals surface area contributed by atoms with Crippen LogP contribution in [0.3, 0.4) is 0 Å². The third kappa shape index (κ3) is 3.78. The molecular formula is C13H23N5O. The fourth-order valence-corrected chi connectivity index (χ4v) is 2.39. The van der Waals surface area contributed by atoms with Crippen LogP contribution in [-0.4, -0.2) is 59.3 Å². The second-order valence-corrected chi connectivity index (χ2v) is 4.83. The molecule has 0 saturated carbocycles. The van der Waals surface area contributed by atoms with Crippen LogP contribution in [0.5, 0.6) is 0 Å². The van der Waals surface area contributed by atoms with E-state index < -0.39 is 0 Å². The summed E-state index contributed by atoms with van der Waals surface area (Å²) in [6.45, 7) is 6.87. The Bertz CT molecular complexity index is 412. The number of hydrogen-bond donors (Lipinski definition) is 2. The van der Waals surface area contributed by atoms with Crippen molar-refractivity contribution in [2.45, 2.75) is 19.8 Å². The minimum absolute atomic E-state index is 0.223. The van der Waals surface area contributed by atoms with Crippen LogP contribution in [0.4, 0.5) is 11.6 Å². The second kappa shape index (κ2) is 6.68. The zero-order valence-electron chi connectivity index (χ0n) is 11.5. The van der Waals surface area contributed by atoms with Crippen molar-refractivity contribution in [2.24, 2.45) is 0 Å². The van der Waals surface area contributed by atoms with Gasteiger partial charge in [0.15, 0.2) is 0 Å². The Balaban J connectivity index is 2.07. The van der Waals surface area contributed by atoms with Gasteiger partial charge in [0.05, 0.1) is 6.61 Å². The van der Waals surface area contributed by atoms with E-state index in [2.05, 4.69) is 19.8 Å². The maximum Gasteiger partial charge on any atom is 0.134 e. The summed E-state index contributed by atoms with van der Waals surface area (Å²) in [5.41, 5.74) is 5.83. The summed E-state index contributed by atoms with van der Waals surface area (Å²) in [7, 11) is 0. The number of nitrogens with two attached hydrogens (primary N) is 1. The summed E-state index contributed by atoms with van der Waals surface area (Å²) >= 11 is 0. The molecule has 3 N–H and O–H groups in total. The lowest BCUT2D eigenvalue weighted by atomic mass is 10.3. The van der Waals surface area contributed by atoms with Crippen molar-refractivity contribution in [2.75, 3.05) is 50.0 Å². The monoisotopic (exact) mass is 265 g/mol. The molecule has 0 atom stereocenters. The lowest BCUT2D eigenvalue weighted by molar-refractivity contribution is 0.204.